The lowest BCUT2D eigenvalue weighted by Gasteiger charge is -2.27. The highest BCUT2D eigenvalue weighted by molar-refractivity contribution is 6.51. The largest absolute Gasteiger partial charge is 0.507 e. The Bertz CT molecular complexity index is 1570. The molecule has 1 unspecified atom stereocenters. The highest BCUT2D eigenvalue weighted by Gasteiger charge is 2.47. The standard InChI is InChI=1S/C33H29NO5/c1-21-10-7-8-15-27(21)34-30(24-13-9-14-26(19-24)38-3)29(32(36)33(34)37)31(35)25-16-17-28(22(2)18-25)39-20-23-11-5-4-6-12-23/h4-19,30,35H,20H2,1-3H3/b31-29-. The van der Waals surface area contributed by atoms with E-state index < -0.39 is 17.7 Å². The summed E-state index contributed by atoms with van der Waals surface area (Å²) in [6.45, 7) is 4.17. The molecule has 1 heterocycles. The Labute approximate surface area is 227 Å². The Balaban J connectivity index is 1.58. The molecule has 1 aliphatic heterocycles. The molecule has 4 aromatic carbocycles. The first-order valence-electron chi connectivity index (χ1n) is 12.7. The maximum Gasteiger partial charge on any atom is 0.300 e. The Kier molecular flexibility index (Phi) is 7.19. The van der Waals surface area contributed by atoms with Gasteiger partial charge in [0, 0.05) is 11.3 Å². The van der Waals surface area contributed by atoms with E-state index in [1.165, 1.54) is 4.90 Å². The van der Waals surface area contributed by atoms with Crippen LogP contribution in [-0.2, 0) is 16.2 Å². The molecule has 4 aromatic rings. The van der Waals surface area contributed by atoms with Crippen LogP contribution in [0.5, 0.6) is 11.5 Å². The zero-order valence-corrected chi connectivity index (χ0v) is 22.0. The number of ether oxygens (including phenoxy) is 2. The lowest BCUT2D eigenvalue weighted by Crippen LogP contribution is -2.30. The molecule has 0 aromatic heterocycles. The number of anilines is 1. The van der Waals surface area contributed by atoms with Gasteiger partial charge in [-0.25, -0.2) is 0 Å². The van der Waals surface area contributed by atoms with Crippen molar-refractivity contribution in [3.05, 3.63) is 130 Å². The van der Waals surface area contributed by atoms with E-state index in [9.17, 15) is 14.7 Å². The SMILES string of the molecule is COc1cccc(C2/C(=C(/O)c3ccc(OCc4ccccc4)c(C)c3)C(=O)C(=O)N2c2ccccc2C)c1. The van der Waals surface area contributed by atoms with E-state index in [0.29, 0.717) is 34.9 Å². The second kappa shape index (κ2) is 10.9. The predicted octanol–water partition coefficient (Wildman–Crippen LogP) is 6.52. The number of nitrogens with zero attached hydrogens (tertiary/aromatic N) is 1. The summed E-state index contributed by atoms with van der Waals surface area (Å²) in [5.41, 5.74) is 4.37. The zero-order valence-electron chi connectivity index (χ0n) is 22.0. The van der Waals surface area contributed by atoms with Crippen LogP contribution in [0.3, 0.4) is 0 Å². The summed E-state index contributed by atoms with van der Waals surface area (Å²) < 4.78 is 11.4. The first kappa shape index (κ1) is 25.8. The first-order chi connectivity index (χ1) is 18.9. The van der Waals surface area contributed by atoms with Crippen molar-refractivity contribution >= 4 is 23.1 Å². The lowest BCUT2D eigenvalue weighted by atomic mass is 9.94. The highest BCUT2D eigenvalue weighted by atomic mass is 16.5. The van der Waals surface area contributed by atoms with Gasteiger partial charge in [-0.15, -0.1) is 0 Å². The summed E-state index contributed by atoms with van der Waals surface area (Å²) in [6, 6.07) is 28.8. The quantitative estimate of drug-likeness (QED) is 0.171. The van der Waals surface area contributed by atoms with Gasteiger partial charge in [-0.05, 0) is 72.5 Å². The summed E-state index contributed by atoms with van der Waals surface area (Å²) in [5.74, 6) is -0.433. The summed E-state index contributed by atoms with van der Waals surface area (Å²) in [6.07, 6.45) is 0. The first-order valence-corrected chi connectivity index (χ1v) is 12.7. The van der Waals surface area contributed by atoms with Crippen LogP contribution < -0.4 is 14.4 Å². The number of carbonyl (C=O) groups is 2. The number of aryl methyl sites for hydroxylation is 2. The summed E-state index contributed by atoms with van der Waals surface area (Å²) in [4.78, 5) is 28.4. The highest BCUT2D eigenvalue weighted by Crippen LogP contribution is 2.44. The number of ketones is 1. The molecule has 1 fully saturated rings. The molecule has 6 heteroatoms. The number of Topliss-reactive ketones (excluding diaryl/α,β-unsaturated/α-hetero) is 1. The molecule has 1 aliphatic rings. The number of para-hydroxylation sites is 1. The van der Waals surface area contributed by atoms with Crippen LogP contribution in [-0.4, -0.2) is 23.9 Å². The van der Waals surface area contributed by atoms with E-state index in [4.69, 9.17) is 9.47 Å². The molecule has 0 aliphatic carbocycles. The number of aliphatic hydroxyl groups is 1. The number of hydrogen-bond donors (Lipinski definition) is 1. The number of methoxy groups -OCH3 is 1. The summed E-state index contributed by atoms with van der Waals surface area (Å²) >= 11 is 0. The Morgan fingerprint density at radius 1 is 0.846 bits per heavy atom. The smallest absolute Gasteiger partial charge is 0.300 e. The molecule has 6 nitrogen and oxygen atoms in total. The molecule has 196 valence electrons. The van der Waals surface area contributed by atoms with Crippen molar-refractivity contribution < 1.29 is 24.2 Å². The molecule has 39 heavy (non-hydrogen) atoms. The van der Waals surface area contributed by atoms with Crippen molar-refractivity contribution in [2.75, 3.05) is 12.0 Å². The topological polar surface area (TPSA) is 76.1 Å². The van der Waals surface area contributed by atoms with Gasteiger partial charge in [0.15, 0.2) is 0 Å². The van der Waals surface area contributed by atoms with Gasteiger partial charge in [-0.3, -0.25) is 14.5 Å². The Morgan fingerprint density at radius 2 is 1.59 bits per heavy atom. The number of rotatable bonds is 7. The van der Waals surface area contributed by atoms with E-state index in [1.807, 2.05) is 68.4 Å². The van der Waals surface area contributed by atoms with E-state index in [1.54, 1.807) is 49.6 Å². The minimum absolute atomic E-state index is 0.0221. The third kappa shape index (κ3) is 5.01. The van der Waals surface area contributed by atoms with Gasteiger partial charge in [0.2, 0.25) is 0 Å². The predicted molar refractivity (Wildman–Crippen MR) is 151 cm³/mol. The zero-order chi connectivity index (χ0) is 27.5. The number of benzene rings is 4. The van der Waals surface area contributed by atoms with Crippen LogP contribution >= 0.6 is 0 Å². The molecule has 0 saturated carbocycles. The maximum absolute atomic E-state index is 13.5. The average molecular weight is 520 g/mol. The van der Waals surface area contributed by atoms with Gasteiger partial charge >= 0.3 is 0 Å². The molecule has 1 saturated heterocycles. The van der Waals surface area contributed by atoms with Crippen LogP contribution in [0.25, 0.3) is 5.76 Å². The van der Waals surface area contributed by atoms with Crippen LogP contribution in [0.2, 0.25) is 0 Å². The van der Waals surface area contributed by atoms with Crippen molar-refractivity contribution in [2.45, 2.75) is 26.5 Å². The summed E-state index contributed by atoms with van der Waals surface area (Å²) in [5, 5.41) is 11.5. The minimum Gasteiger partial charge on any atom is -0.507 e. The van der Waals surface area contributed by atoms with E-state index in [2.05, 4.69) is 0 Å². The van der Waals surface area contributed by atoms with E-state index >= 15 is 0 Å². The molecular weight excluding hydrogens is 490 g/mol. The van der Waals surface area contributed by atoms with Gasteiger partial charge in [0.25, 0.3) is 11.7 Å². The van der Waals surface area contributed by atoms with E-state index in [-0.39, 0.29) is 11.3 Å². The number of hydrogen-bond acceptors (Lipinski definition) is 5. The minimum atomic E-state index is -0.837. The van der Waals surface area contributed by atoms with Gasteiger partial charge < -0.3 is 14.6 Å². The number of amides is 1. The van der Waals surface area contributed by atoms with Gasteiger partial charge in [-0.2, -0.15) is 0 Å². The monoisotopic (exact) mass is 519 g/mol. The number of aliphatic hydroxyl groups excluding tert-OH is 1. The molecule has 5 rings (SSSR count). The van der Waals surface area contributed by atoms with Gasteiger partial charge in [0.1, 0.15) is 23.9 Å². The van der Waals surface area contributed by atoms with Crippen molar-refractivity contribution in [1.82, 2.24) is 0 Å². The fourth-order valence-corrected chi connectivity index (χ4v) is 4.89. The second-order valence-electron chi connectivity index (χ2n) is 9.49. The van der Waals surface area contributed by atoms with E-state index in [0.717, 1.165) is 16.7 Å². The van der Waals surface area contributed by atoms with Crippen LogP contribution in [0.1, 0.15) is 33.9 Å². The average Bonchev–Trinajstić information content (AvgIpc) is 3.22. The normalized spacial score (nSPS) is 16.4. The van der Waals surface area contributed by atoms with Crippen molar-refractivity contribution in [2.24, 2.45) is 0 Å². The number of carbonyl (C=O) groups excluding carboxylic acids is 2. The Morgan fingerprint density at radius 3 is 2.31 bits per heavy atom. The molecule has 1 amide bonds. The van der Waals surface area contributed by atoms with Crippen LogP contribution in [0.4, 0.5) is 5.69 Å². The lowest BCUT2D eigenvalue weighted by molar-refractivity contribution is -0.132. The molecule has 0 bridgehead atoms. The van der Waals surface area contributed by atoms with Gasteiger partial charge in [-0.1, -0.05) is 60.7 Å². The van der Waals surface area contributed by atoms with Crippen molar-refractivity contribution in [1.29, 1.82) is 0 Å². The molecular formula is C33H29NO5. The molecule has 0 radical (unpaired) electrons. The second-order valence-corrected chi connectivity index (χ2v) is 9.49. The summed E-state index contributed by atoms with van der Waals surface area (Å²) in [7, 11) is 1.56. The van der Waals surface area contributed by atoms with Crippen molar-refractivity contribution in [3.8, 4) is 11.5 Å². The molecule has 0 spiro atoms. The van der Waals surface area contributed by atoms with Crippen molar-refractivity contribution in [3.63, 3.8) is 0 Å². The third-order valence-electron chi connectivity index (χ3n) is 6.91. The fourth-order valence-electron chi connectivity index (χ4n) is 4.89. The molecule has 1 N–H and O–H groups in total. The Hall–Kier alpha value is -4.84. The molecule has 1 atom stereocenters. The van der Waals surface area contributed by atoms with Crippen LogP contribution in [0, 0.1) is 13.8 Å². The third-order valence-corrected chi connectivity index (χ3v) is 6.91. The fraction of sp³-hybridized carbons (Fsp3) is 0.152. The van der Waals surface area contributed by atoms with Crippen LogP contribution in [0.15, 0.2) is 103 Å². The maximum atomic E-state index is 13.5. The van der Waals surface area contributed by atoms with Gasteiger partial charge in [0.05, 0.1) is 18.7 Å².